The molecular weight excluding hydrogens is 142 g/mol. The molecular formula is C8H5NO2. The summed E-state index contributed by atoms with van der Waals surface area (Å²) < 4.78 is 0.699. The van der Waals surface area contributed by atoms with Gasteiger partial charge >= 0.3 is 0 Å². The second-order valence-corrected chi connectivity index (χ2v) is 2.41. The minimum atomic E-state index is -0.0660. The van der Waals surface area contributed by atoms with Gasteiger partial charge in [0.1, 0.15) is 0 Å². The van der Waals surface area contributed by atoms with E-state index in [4.69, 9.17) is 0 Å². The maximum absolute atomic E-state index is 10.8. The predicted molar refractivity (Wildman–Crippen MR) is 40.0 cm³/mol. The molecule has 1 aliphatic heterocycles. The molecule has 2 rings (SSSR count). The molecule has 0 spiro atoms. The molecule has 0 unspecified atom stereocenters. The topological polar surface area (TPSA) is 43.1 Å². The number of ketones is 1. The highest BCUT2D eigenvalue weighted by Crippen LogP contribution is 2.18. The van der Waals surface area contributed by atoms with Gasteiger partial charge in [0, 0.05) is 0 Å². The van der Waals surface area contributed by atoms with Crippen molar-refractivity contribution in [3.05, 3.63) is 40.8 Å². The Morgan fingerprint density at radius 1 is 1.27 bits per heavy atom. The number of allylic oxidation sites excluding steroid dienone is 5. The average Bonchev–Trinajstić information content (AvgIpc) is 2.27. The van der Waals surface area contributed by atoms with E-state index in [0.717, 1.165) is 5.57 Å². The summed E-state index contributed by atoms with van der Waals surface area (Å²) in [5.74, 6) is -0.0660. The van der Waals surface area contributed by atoms with Crippen molar-refractivity contribution in [3.63, 3.8) is 0 Å². The van der Waals surface area contributed by atoms with Gasteiger partial charge < -0.3 is 5.21 Å². The smallest absolute Gasteiger partial charge is 0.188 e. The number of hydrogen-bond donors (Lipinski definition) is 0. The minimum Gasteiger partial charge on any atom is -0.619 e. The van der Waals surface area contributed by atoms with Crippen molar-refractivity contribution < 1.29 is 9.53 Å². The van der Waals surface area contributed by atoms with Gasteiger partial charge in [-0.3, -0.25) is 4.79 Å². The van der Waals surface area contributed by atoms with Crippen LogP contribution in [-0.2, 0) is 4.79 Å². The first-order chi connectivity index (χ1) is 5.25. The highest BCUT2D eigenvalue weighted by atomic mass is 16.5. The molecule has 1 aliphatic carbocycles. The van der Waals surface area contributed by atoms with Crippen LogP contribution < -0.4 is 0 Å². The quantitative estimate of drug-likeness (QED) is 0.370. The van der Waals surface area contributed by atoms with Gasteiger partial charge in [0.05, 0.1) is 11.1 Å². The van der Waals surface area contributed by atoms with Crippen molar-refractivity contribution in [1.82, 2.24) is 0 Å². The van der Waals surface area contributed by atoms with Gasteiger partial charge in [-0.05, 0) is 18.2 Å². The van der Waals surface area contributed by atoms with Crippen LogP contribution in [0.15, 0.2) is 35.6 Å². The molecule has 0 saturated heterocycles. The molecule has 0 radical (unpaired) electrons. The van der Waals surface area contributed by atoms with Crippen LogP contribution in [0.5, 0.6) is 0 Å². The van der Waals surface area contributed by atoms with Crippen LogP contribution in [0.25, 0.3) is 0 Å². The van der Waals surface area contributed by atoms with Gasteiger partial charge in [0.25, 0.3) is 0 Å². The van der Waals surface area contributed by atoms with Crippen LogP contribution in [0.4, 0.5) is 0 Å². The van der Waals surface area contributed by atoms with E-state index in [2.05, 4.69) is 0 Å². The Balaban J connectivity index is 2.50. The molecule has 0 aromatic rings. The second-order valence-electron chi connectivity index (χ2n) is 2.41. The van der Waals surface area contributed by atoms with Gasteiger partial charge in [-0.25, -0.2) is 0 Å². The number of carbonyl (C=O) groups is 1. The monoisotopic (exact) mass is 147 g/mol. The maximum atomic E-state index is 10.8. The molecule has 0 aromatic carbocycles. The zero-order valence-corrected chi connectivity index (χ0v) is 5.65. The lowest BCUT2D eigenvalue weighted by Crippen LogP contribution is -1.97. The van der Waals surface area contributed by atoms with Gasteiger partial charge in [0.15, 0.2) is 18.2 Å². The zero-order chi connectivity index (χ0) is 7.84. The summed E-state index contributed by atoms with van der Waals surface area (Å²) in [7, 11) is 0. The maximum Gasteiger partial charge on any atom is 0.188 e. The lowest BCUT2D eigenvalue weighted by molar-refractivity contribution is -0.369. The number of hydrogen-bond acceptors (Lipinski definition) is 2. The van der Waals surface area contributed by atoms with Gasteiger partial charge in [-0.2, -0.15) is 4.74 Å². The number of hydroxylamine groups is 1. The first-order valence-electron chi connectivity index (χ1n) is 3.22. The fraction of sp³-hybridized carbons (Fsp3) is 0. The van der Waals surface area contributed by atoms with Crippen molar-refractivity contribution in [3.8, 4) is 0 Å². The Hall–Kier alpha value is -1.64. The Labute approximate surface area is 63.2 Å². The number of rotatable bonds is 0. The summed E-state index contributed by atoms with van der Waals surface area (Å²) in [4.78, 5) is 10.8. The van der Waals surface area contributed by atoms with E-state index >= 15 is 0 Å². The molecule has 1 heterocycles. The summed E-state index contributed by atoms with van der Waals surface area (Å²) in [6.45, 7) is 0. The third-order valence-corrected chi connectivity index (χ3v) is 1.59. The van der Waals surface area contributed by atoms with Crippen LogP contribution in [0.1, 0.15) is 0 Å². The van der Waals surface area contributed by atoms with Gasteiger partial charge in [-0.15, -0.1) is 0 Å². The molecule has 0 saturated carbocycles. The molecule has 11 heavy (non-hydrogen) atoms. The van der Waals surface area contributed by atoms with E-state index in [-0.39, 0.29) is 5.78 Å². The molecule has 0 atom stereocenters. The Morgan fingerprint density at radius 3 is 2.91 bits per heavy atom. The Morgan fingerprint density at radius 2 is 2.09 bits per heavy atom. The summed E-state index contributed by atoms with van der Waals surface area (Å²) in [6, 6.07) is 0. The molecule has 0 amide bonds. The third-order valence-electron chi connectivity index (χ3n) is 1.59. The van der Waals surface area contributed by atoms with E-state index < -0.39 is 0 Å². The van der Waals surface area contributed by atoms with Crippen molar-refractivity contribution in [2.75, 3.05) is 0 Å². The van der Waals surface area contributed by atoms with Gasteiger partial charge in [0.2, 0.25) is 0 Å². The van der Waals surface area contributed by atoms with Crippen molar-refractivity contribution in [2.45, 2.75) is 0 Å². The summed E-state index contributed by atoms with van der Waals surface area (Å²) in [5, 5.41) is 10.7. The van der Waals surface area contributed by atoms with Crippen molar-refractivity contribution in [1.29, 1.82) is 0 Å². The van der Waals surface area contributed by atoms with Crippen molar-refractivity contribution >= 4 is 12.0 Å². The molecule has 54 valence electrons. The molecule has 0 N–H and O–H groups in total. The lowest BCUT2D eigenvalue weighted by atomic mass is 10.0. The summed E-state index contributed by atoms with van der Waals surface area (Å²) in [5.41, 5.74) is 1.51. The average molecular weight is 147 g/mol. The second kappa shape index (κ2) is 1.92. The van der Waals surface area contributed by atoms with Crippen LogP contribution in [0, 0.1) is 5.21 Å². The fourth-order valence-corrected chi connectivity index (χ4v) is 1.09. The van der Waals surface area contributed by atoms with E-state index in [1.165, 1.54) is 24.6 Å². The molecule has 3 nitrogen and oxygen atoms in total. The van der Waals surface area contributed by atoms with E-state index in [0.29, 0.717) is 10.3 Å². The normalized spacial score (nSPS) is 20.7. The fourth-order valence-electron chi connectivity index (χ4n) is 1.09. The van der Waals surface area contributed by atoms with E-state index in [1.54, 1.807) is 6.08 Å². The predicted octanol–water partition coefficient (Wildman–Crippen LogP) is 0.530. The molecule has 0 fully saturated rings. The molecule has 0 bridgehead atoms. The van der Waals surface area contributed by atoms with Crippen LogP contribution in [0.3, 0.4) is 0 Å². The van der Waals surface area contributed by atoms with Crippen molar-refractivity contribution in [2.24, 2.45) is 0 Å². The highest BCUT2D eigenvalue weighted by Gasteiger charge is 2.17. The highest BCUT2D eigenvalue weighted by molar-refractivity contribution is 6.07. The lowest BCUT2D eigenvalue weighted by Gasteiger charge is -1.96. The Bertz CT molecular complexity index is 345. The summed E-state index contributed by atoms with van der Waals surface area (Å²) >= 11 is 0. The van der Waals surface area contributed by atoms with E-state index in [1.807, 2.05) is 0 Å². The number of fused-ring (bicyclic) bond motifs is 1. The van der Waals surface area contributed by atoms with Crippen LogP contribution in [0.2, 0.25) is 0 Å². The van der Waals surface area contributed by atoms with Crippen LogP contribution >= 0.6 is 0 Å². The molecule has 0 aromatic heterocycles. The number of nitrogens with zero attached hydrogens (tertiary/aromatic N) is 1. The Kier molecular flexibility index (Phi) is 1.06. The van der Waals surface area contributed by atoms with Gasteiger partial charge in [-0.1, -0.05) is 0 Å². The van der Waals surface area contributed by atoms with E-state index in [9.17, 15) is 10.0 Å². The third kappa shape index (κ3) is 0.902. The zero-order valence-electron chi connectivity index (χ0n) is 5.65. The standard InChI is InChI=1S/C8H5NO2/c10-8-2-1-6-4-9(11)5-7(6)3-8/h1-5H. The first-order valence-corrected chi connectivity index (χ1v) is 3.22. The molecule has 3 heteroatoms. The number of carbonyl (C=O) groups excluding carboxylic acids is 1. The SMILES string of the molecule is O=C1C=CC2=C[N+]([O-])=CC2=C1. The minimum absolute atomic E-state index is 0.0660. The first kappa shape index (κ1) is 6.09. The molecule has 2 aliphatic rings. The summed E-state index contributed by atoms with van der Waals surface area (Å²) in [6.07, 6.45) is 7.36. The largest absolute Gasteiger partial charge is 0.619 e. The van der Waals surface area contributed by atoms with Crippen LogP contribution in [-0.4, -0.2) is 16.7 Å².